The van der Waals surface area contributed by atoms with E-state index in [1.807, 2.05) is 68.7 Å². The number of benzene rings is 2. The lowest BCUT2D eigenvalue weighted by molar-refractivity contribution is -0.116. The molecule has 0 aliphatic carbocycles. The Morgan fingerprint density at radius 1 is 1.13 bits per heavy atom. The highest BCUT2D eigenvalue weighted by atomic mass is 32.2. The summed E-state index contributed by atoms with van der Waals surface area (Å²) in [4.78, 5) is 14.8. The molecule has 0 atom stereocenters. The van der Waals surface area contributed by atoms with E-state index in [9.17, 15) is 4.79 Å². The number of anilines is 1. The maximum Gasteiger partial charge on any atom is 0.237 e. The fourth-order valence-corrected chi connectivity index (χ4v) is 4.21. The minimum absolute atomic E-state index is 0.0498. The van der Waals surface area contributed by atoms with Crippen molar-refractivity contribution in [3.05, 3.63) is 59.2 Å². The van der Waals surface area contributed by atoms with Crippen LogP contribution in [0, 0.1) is 32.1 Å². The molecule has 1 amide bonds. The number of nitrogens with zero attached hydrogens (tertiary/aromatic N) is 5. The molecule has 160 valence electrons. The number of nitriles is 1. The van der Waals surface area contributed by atoms with Crippen LogP contribution in [0.3, 0.4) is 0 Å². The monoisotopic (exact) mass is 433 g/mol. The predicted molar refractivity (Wildman–Crippen MR) is 125 cm³/mol. The van der Waals surface area contributed by atoms with Gasteiger partial charge in [-0.1, -0.05) is 41.6 Å². The number of amides is 1. The van der Waals surface area contributed by atoms with Gasteiger partial charge >= 0.3 is 0 Å². The number of hydrogen-bond donors (Lipinski definition) is 0. The minimum atomic E-state index is -0.0498. The van der Waals surface area contributed by atoms with Crippen LogP contribution in [0.1, 0.15) is 30.0 Å². The highest BCUT2D eigenvalue weighted by molar-refractivity contribution is 7.99. The van der Waals surface area contributed by atoms with Gasteiger partial charge < -0.3 is 9.47 Å². The zero-order chi connectivity index (χ0) is 22.4. The van der Waals surface area contributed by atoms with E-state index in [0.717, 1.165) is 28.2 Å². The van der Waals surface area contributed by atoms with E-state index in [0.29, 0.717) is 18.2 Å². The van der Waals surface area contributed by atoms with Crippen molar-refractivity contribution in [3.8, 4) is 17.5 Å². The summed E-state index contributed by atoms with van der Waals surface area (Å²) in [5, 5.41) is 18.5. The number of carbonyl (C=O) groups is 1. The summed E-state index contributed by atoms with van der Waals surface area (Å²) in [6, 6.07) is 16.2. The lowest BCUT2D eigenvalue weighted by atomic mass is 10.1. The third-order valence-corrected chi connectivity index (χ3v) is 6.14. The second kappa shape index (κ2) is 10.3. The Balaban J connectivity index is 1.79. The quantitative estimate of drug-likeness (QED) is 0.471. The third-order valence-electron chi connectivity index (χ3n) is 5.18. The summed E-state index contributed by atoms with van der Waals surface area (Å²) in [6.07, 6.45) is 0.284. The molecule has 7 heteroatoms. The molecule has 0 fully saturated rings. The molecule has 1 heterocycles. The van der Waals surface area contributed by atoms with E-state index >= 15 is 0 Å². The van der Waals surface area contributed by atoms with Crippen LogP contribution in [-0.4, -0.2) is 33.0 Å². The summed E-state index contributed by atoms with van der Waals surface area (Å²) in [7, 11) is 0. The van der Waals surface area contributed by atoms with Crippen molar-refractivity contribution in [3.63, 3.8) is 0 Å². The summed E-state index contributed by atoms with van der Waals surface area (Å²) in [5.41, 5.74) is 5.28. The van der Waals surface area contributed by atoms with Crippen molar-refractivity contribution in [2.75, 3.05) is 17.2 Å². The van der Waals surface area contributed by atoms with E-state index in [2.05, 4.69) is 22.3 Å². The summed E-state index contributed by atoms with van der Waals surface area (Å²) < 4.78 is 2.03. The predicted octanol–water partition coefficient (Wildman–Crippen LogP) is 4.93. The molecule has 31 heavy (non-hydrogen) atoms. The lowest BCUT2D eigenvalue weighted by Gasteiger charge is -2.22. The maximum absolute atomic E-state index is 13.1. The fraction of sp³-hybridized carbons (Fsp3) is 0.333. The fourth-order valence-electron chi connectivity index (χ4n) is 3.34. The second-order valence-corrected chi connectivity index (χ2v) is 8.37. The molecule has 1 aromatic heterocycles. The van der Waals surface area contributed by atoms with Gasteiger partial charge in [0.15, 0.2) is 11.0 Å². The molecule has 3 aromatic rings. The van der Waals surface area contributed by atoms with Crippen molar-refractivity contribution in [2.24, 2.45) is 0 Å². The molecule has 0 radical (unpaired) electrons. The van der Waals surface area contributed by atoms with Crippen LogP contribution in [0.5, 0.6) is 0 Å². The largest absolute Gasteiger partial charge is 0.311 e. The van der Waals surface area contributed by atoms with Crippen LogP contribution in [0.15, 0.2) is 47.6 Å². The number of hydrogen-bond acceptors (Lipinski definition) is 5. The van der Waals surface area contributed by atoms with Gasteiger partial charge in [-0.25, -0.2) is 0 Å². The van der Waals surface area contributed by atoms with Crippen LogP contribution in [0.4, 0.5) is 5.69 Å². The number of aromatic nitrogens is 3. The number of aryl methyl sites for hydroxylation is 3. The molecule has 0 aliphatic heterocycles. The van der Waals surface area contributed by atoms with E-state index in [1.54, 1.807) is 4.90 Å². The van der Waals surface area contributed by atoms with E-state index in [-0.39, 0.29) is 18.1 Å². The van der Waals surface area contributed by atoms with Gasteiger partial charge in [-0.05, 0) is 57.0 Å². The SMILES string of the molecule is CCn1c(SCC(=O)N(CCC#N)c2ccc(C)c(C)c2)nnc1-c1cccc(C)c1. The van der Waals surface area contributed by atoms with Gasteiger partial charge in [0.2, 0.25) is 5.91 Å². The summed E-state index contributed by atoms with van der Waals surface area (Å²) in [6.45, 7) is 9.24. The topological polar surface area (TPSA) is 74.8 Å². The molecule has 2 aromatic carbocycles. The van der Waals surface area contributed by atoms with Crippen molar-refractivity contribution in [1.82, 2.24) is 14.8 Å². The first-order valence-corrected chi connectivity index (χ1v) is 11.3. The van der Waals surface area contributed by atoms with Crippen molar-refractivity contribution < 1.29 is 4.79 Å². The zero-order valence-corrected chi connectivity index (χ0v) is 19.2. The Bertz CT molecular complexity index is 1120. The highest BCUT2D eigenvalue weighted by Crippen LogP contribution is 2.26. The average Bonchev–Trinajstić information content (AvgIpc) is 3.18. The molecular weight excluding hydrogens is 406 g/mol. The van der Waals surface area contributed by atoms with Gasteiger partial charge in [0.05, 0.1) is 18.2 Å². The molecule has 0 spiro atoms. The molecule has 0 N–H and O–H groups in total. The Morgan fingerprint density at radius 3 is 2.61 bits per heavy atom. The minimum Gasteiger partial charge on any atom is -0.311 e. The number of rotatable bonds is 8. The summed E-state index contributed by atoms with van der Waals surface area (Å²) in [5.74, 6) is 0.979. The maximum atomic E-state index is 13.1. The normalized spacial score (nSPS) is 10.7. The Kier molecular flexibility index (Phi) is 7.48. The molecule has 0 aliphatic rings. The molecule has 0 saturated heterocycles. The molecule has 3 rings (SSSR count). The first kappa shape index (κ1) is 22.6. The molecule has 0 unspecified atom stereocenters. The van der Waals surface area contributed by atoms with Gasteiger partial charge in [0.25, 0.3) is 0 Å². The van der Waals surface area contributed by atoms with Crippen LogP contribution >= 0.6 is 11.8 Å². The number of carbonyl (C=O) groups excluding carboxylic acids is 1. The van der Waals surface area contributed by atoms with E-state index in [4.69, 9.17) is 5.26 Å². The number of thioether (sulfide) groups is 1. The molecular formula is C24H27N5OS. The Morgan fingerprint density at radius 2 is 1.94 bits per heavy atom. The third kappa shape index (κ3) is 5.33. The Labute approximate surface area is 187 Å². The van der Waals surface area contributed by atoms with Crippen LogP contribution < -0.4 is 4.90 Å². The van der Waals surface area contributed by atoms with Gasteiger partial charge in [-0.2, -0.15) is 5.26 Å². The van der Waals surface area contributed by atoms with E-state index < -0.39 is 0 Å². The van der Waals surface area contributed by atoms with Crippen LogP contribution in [0.25, 0.3) is 11.4 Å². The standard InChI is InChI=1S/C24H27N5OS/c1-5-28-23(20-9-6-8-17(2)14-20)26-27-24(28)31-16-22(30)29(13-7-12-25)21-11-10-18(3)19(4)15-21/h6,8-11,14-15H,5,7,13,16H2,1-4H3. The van der Waals surface area contributed by atoms with Crippen molar-refractivity contribution >= 4 is 23.4 Å². The summed E-state index contributed by atoms with van der Waals surface area (Å²) >= 11 is 1.38. The van der Waals surface area contributed by atoms with Gasteiger partial charge in [-0.15, -0.1) is 10.2 Å². The zero-order valence-electron chi connectivity index (χ0n) is 18.4. The van der Waals surface area contributed by atoms with Gasteiger partial charge in [0.1, 0.15) is 0 Å². The second-order valence-electron chi connectivity index (χ2n) is 7.43. The van der Waals surface area contributed by atoms with Crippen LogP contribution in [0.2, 0.25) is 0 Å². The van der Waals surface area contributed by atoms with E-state index in [1.165, 1.54) is 17.3 Å². The Hall–Kier alpha value is -3.11. The molecule has 0 bridgehead atoms. The van der Waals surface area contributed by atoms with Crippen molar-refractivity contribution in [1.29, 1.82) is 5.26 Å². The molecule has 0 saturated carbocycles. The highest BCUT2D eigenvalue weighted by Gasteiger charge is 2.19. The average molecular weight is 434 g/mol. The smallest absolute Gasteiger partial charge is 0.237 e. The first-order valence-electron chi connectivity index (χ1n) is 10.3. The first-order chi connectivity index (χ1) is 14.9. The van der Waals surface area contributed by atoms with Gasteiger partial charge in [0, 0.05) is 24.3 Å². The lowest BCUT2D eigenvalue weighted by Crippen LogP contribution is -2.33. The van der Waals surface area contributed by atoms with Crippen molar-refractivity contribution in [2.45, 2.75) is 45.8 Å². The van der Waals surface area contributed by atoms with Gasteiger partial charge in [-0.3, -0.25) is 4.79 Å². The van der Waals surface area contributed by atoms with Crippen LogP contribution in [-0.2, 0) is 11.3 Å². The molecule has 6 nitrogen and oxygen atoms in total.